The Morgan fingerprint density at radius 3 is 2.52 bits per heavy atom. The predicted octanol–water partition coefficient (Wildman–Crippen LogP) is 3.85. The summed E-state index contributed by atoms with van der Waals surface area (Å²) in [5.74, 6) is -1.53. The van der Waals surface area contributed by atoms with Crippen LogP contribution >= 0.6 is 11.6 Å². The molecule has 0 atom stereocenters. The van der Waals surface area contributed by atoms with Crippen LogP contribution in [-0.4, -0.2) is 58.9 Å². The number of anilines is 1. The fourth-order valence-corrected chi connectivity index (χ4v) is 4.14. The second kappa shape index (κ2) is 9.35. The van der Waals surface area contributed by atoms with Crippen molar-refractivity contribution in [2.24, 2.45) is 0 Å². The van der Waals surface area contributed by atoms with E-state index in [1.165, 1.54) is 13.2 Å². The number of ether oxygens (including phenoxy) is 1. The first-order chi connectivity index (χ1) is 15.8. The van der Waals surface area contributed by atoms with Crippen LogP contribution in [-0.2, 0) is 11.3 Å². The maximum atomic E-state index is 14.3. The Kier molecular flexibility index (Phi) is 6.51. The molecule has 1 saturated heterocycles. The highest BCUT2D eigenvalue weighted by atomic mass is 35.5. The zero-order chi connectivity index (χ0) is 23.7. The monoisotopic (exact) mass is 475 g/mol. The van der Waals surface area contributed by atoms with E-state index in [9.17, 15) is 13.6 Å². The standard InChI is InChI=1S/C23H24ClF2N5O2/c1-14-10-16(4-5-27-14)23-22(24)15(2)31(28-23)13-21(32)30-8-6-29(7-9-30)19-12-20(33-3)18(26)11-17(19)25/h4-5,10-12H,6-9,13H2,1-3H3. The number of aromatic nitrogens is 3. The Labute approximate surface area is 195 Å². The molecule has 3 aromatic rings. The molecule has 1 aromatic carbocycles. The molecule has 0 radical (unpaired) electrons. The zero-order valence-electron chi connectivity index (χ0n) is 18.6. The highest BCUT2D eigenvalue weighted by molar-refractivity contribution is 6.33. The summed E-state index contributed by atoms with van der Waals surface area (Å²) in [5, 5.41) is 5.06. The summed E-state index contributed by atoms with van der Waals surface area (Å²) in [6.45, 7) is 5.40. The molecule has 2 aromatic heterocycles. The predicted molar refractivity (Wildman–Crippen MR) is 122 cm³/mol. The first kappa shape index (κ1) is 23.0. The van der Waals surface area contributed by atoms with Crippen LogP contribution in [0.15, 0.2) is 30.5 Å². The van der Waals surface area contributed by atoms with E-state index in [1.54, 1.807) is 20.7 Å². The molecule has 10 heteroatoms. The van der Waals surface area contributed by atoms with Gasteiger partial charge in [-0.1, -0.05) is 11.6 Å². The Hall–Kier alpha value is -3.20. The van der Waals surface area contributed by atoms with E-state index in [-0.39, 0.29) is 23.9 Å². The molecule has 1 aliphatic heterocycles. The van der Waals surface area contributed by atoms with Crippen LogP contribution in [0, 0.1) is 25.5 Å². The highest BCUT2D eigenvalue weighted by Gasteiger charge is 2.25. The van der Waals surface area contributed by atoms with Crippen molar-refractivity contribution in [3.05, 3.63) is 58.5 Å². The molecule has 33 heavy (non-hydrogen) atoms. The number of piperazine rings is 1. The van der Waals surface area contributed by atoms with Gasteiger partial charge < -0.3 is 14.5 Å². The molecule has 4 rings (SSSR count). The van der Waals surface area contributed by atoms with Gasteiger partial charge in [-0.25, -0.2) is 8.78 Å². The van der Waals surface area contributed by atoms with E-state index in [1.807, 2.05) is 26.0 Å². The Morgan fingerprint density at radius 2 is 1.85 bits per heavy atom. The second-order valence-electron chi connectivity index (χ2n) is 7.90. The van der Waals surface area contributed by atoms with Gasteiger partial charge in [0.05, 0.1) is 23.5 Å². The van der Waals surface area contributed by atoms with Gasteiger partial charge in [-0.05, 0) is 26.0 Å². The van der Waals surface area contributed by atoms with Crippen molar-refractivity contribution in [3.8, 4) is 17.0 Å². The molecule has 174 valence electrons. The van der Waals surface area contributed by atoms with E-state index in [0.29, 0.717) is 42.6 Å². The van der Waals surface area contributed by atoms with Crippen LogP contribution in [0.3, 0.4) is 0 Å². The van der Waals surface area contributed by atoms with Crippen molar-refractivity contribution >= 4 is 23.2 Å². The molecule has 1 aliphatic rings. The van der Waals surface area contributed by atoms with Crippen LogP contribution < -0.4 is 9.64 Å². The number of benzene rings is 1. The molecule has 1 amide bonds. The number of hydrogen-bond donors (Lipinski definition) is 0. The van der Waals surface area contributed by atoms with Crippen molar-refractivity contribution < 1.29 is 18.3 Å². The third-order valence-corrected chi connectivity index (χ3v) is 6.24. The lowest BCUT2D eigenvalue weighted by molar-refractivity contribution is -0.132. The molecule has 0 spiro atoms. The Bertz CT molecular complexity index is 1190. The summed E-state index contributed by atoms with van der Waals surface area (Å²) in [6.07, 6.45) is 1.69. The minimum Gasteiger partial charge on any atom is -0.494 e. The van der Waals surface area contributed by atoms with Crippen molar-refractivity contribution in [2.45, 2.75) is 20.4 Å². The molecule has 0 saturated carbocycles. The quantitative estimate of drug-likeness (QED) is 0.561. The summed E-state index contributed by atoms with van der Waals surface area (Å²) in [4.78, 5) is 20.6. The van der Waals surface area contributed by atoms with E-state index >= 15 is 0 Å². The van der Waals surface area contributed by atoms with Gasteiger partial charge in [-0.2, -0.15) is 5.10 Å². The summed E-state index contributed by atoms with van der Waals surface area (Å²) < 4.78 is 34.6. The lowest BCUT2D eigenvalue weighted by atomic mass is 10.1. The van der Waals surface area contributed by atoms with Gasteiger partial charge in [0.2, 0.25) is 5.91 Å². The van der Waals surface area contributed by atoms with Crippen LogP contribution in [0.1, 0.15) is 11.4 Å². The minimum atomic E-state index is -0.748. The van der Waals surface area contributed by atoms with Crippen molar-refractivity contribution in [2.75, 3.05) is 38.2 Å². The van der Waals surface area contributed by atoms with Crippen molar-refractivity contribution in [3.63, 3.8) is 0 Å². The molecular weight excluding hydrogens is 452 g/mol. The van der Waals surface area contributed by atoms with E-state index in [2.05, 4.69) is 10.1 Å². The van der Waals surface area contributed by atoms with Crippen molar-refractivity contribution in [1.82, 2.24) is 19.7 Å². The molecule has 0 aliphatic carbocycles. The molecule has 0 bridgehead atoms. The first-order valence-electron chi connectivity index (χ1n) is 10.5. The normalized spacial score (nSPS) is 14.0. The summed E-state index contributed by atoms with van der Waals surface area (Å²) in [7, 11) is 1.33. The highest BCUT2D eigenvalue weighted by Crippen LogP contribution is 2.31. The summed E-state index contributed by atoms with van der Waals surface area (Å²) in [6, 6.07) is 5.88. The Morgan fingerprint density at radius 1 is 1.12 bits per heavy atom. The van der Waals surface area contributed by atoms with E-state index in [4.69, 9.17) is 16.3 Å². The average Bonchev–Trinajstić information content (AvgIpc) is 3.08. The number of aryl methyl sites for hydroxylation is 1. The maximum absolute atomic E-state index is 14.3. The van der Waals surface area contributed by atoms with Crippen LogP contribution in [0.2, 0.25) is 5.02 Å². The number of rotatable bonds is 5. The third-order valence-electron chi connectivity index (χ3n) is 5.78. The van der Waals surface area contributed by atoms with Gasteiger partial charge in [0.25, 0.3) is 0 Å². The third kappa shape index (κ3) is 4.64. The minimum absolute atomic E-state index is 0.0175. The largest absolute Gasteiger partial charge is 0.494 e. The van der Waals surface area contributed by atoms with Gasteiger partial charge in [0.15, 0.2) is 11.6 Å². The topological polar surface area (TPSA) is 63.5 Å². The first-order valence-corrected chi connectivity index (χ1v) is 10.9. The van der Waals surface area contributed by atoms with E-state index in [0.717, 1.165) is 17.3 Å². The lowest BCUT2D eigenvalue weighted by Gasteiger charge is -2.36. The van der Waals surface area contributed by atoms with Gasteiger partial charge in [-0.15, -0.1) is 0 Å². The number of nitrogens with zero attached hydrogens (tertiary/aromatic N) is 5. The van der Waals surface area contributed by atoms with Gasteiger partial charge >= 0.3 is 0 Å². The molecule has 3 heterocycles. The number of hydrogen-bond acceptors (Lipinski definition) is 5. The Balaban J connectivity index is 1.44. The van der Waals surface area contributed by atoms with Gasteiger partial charge in [0, 0.05) is 55.8 Å². The van der Waals surface area contributed by atoms with Crippen LogP contribution in [0.4, 0.5) is 14.5 Å². The molecular formula is C23H24ClF2N5O2. The zero-order valence-corrected chi connectivity index (χ0v) is 19.4. The van der Waals surface area contributed by atoms with Crippen LogP contribution in [0.25, 0.3) is 11.3 Å². The van der Waals surface area contributed by atoms with Crippen LogP contribution in [0.5, 0.6) is 5.75 Å². The number of methoxy groups -OCH3 is 1. The SMILES string of the molecule is COc1cc(N2CCN(C(=O)Cn3nc(-c4ccnc(C)c4)c(Cl)c3C)CC2)c(F)cc1F. The number of pyridine rings is 1. The fourth-order valence-electron chi connectivity index (χ4n) is 3.90. The fraction of sp³-hybridized carbons (Fsp3) is 0.348. The summed E-state index contributed by atoms with van der Waals surface area (Å²) in [5.41, 5.74) is 3.26. The molecule has 0 N–H and O–H groups in total. The second-order valence-corrected chi connectivity index (χ2v) is 8.28. The van der Waals surface area contributed by atoms with Gasteiger partial charge in [-0.3, -0.25) is 14.5 Å². The molecule has 1 fully saturated rings. The maximum Gasteiger partial charge on any atom is 0.244 e. The van der Waals surface area contributed by atoms with E-state index < -0.39 is 11.6 Å². The number of carbonyl (C=O) groups is 1. The number of halogens is 3. The molecule has 0 unspecified atom stereocenters. The molecule has 7 nitrogen and oxygen atoms in total. The summed E-state index contributed by atoms with van der Waals surface area (Å²) >= 11 is 6.50. The number of carbonyl (C=O) groups excluding carboxylic acids is 1. The smallest absolute Gasteiger partial charge is 0.244 e. The van der Waals surface area contributed by atoms with Crippen molar-refractivity contribution in [1.29, 1.82) is 0 Å². The lowest BCUT2D eigenvalue weighted by Crippen LogP contribution is -2.50. The number of amides is 1. The van der Waals surface area contributed by atoms with Gasteiger partial charge in [0.1, 0.15) is 18.1 Å². The average molecular weight is 476 g/mol.